The number of rotatable bonds is 6. The molecule has 0 rings (SSSR count). The fourth-order valence-corrected chi connectivity index (χ4v) is 1.14. The van der Waals surface area contributed by atoms with Gasteiger partial charge in [-0.05, 0) is 33.6 Å². The van der Waals surface area contributed by atoms with Gasteiger partial charge in [0.15, 0.2) is 0 Å². The Hall–Kier alpha value is -0.500. The highest BCUT2D eigenvalue weighted by Crippen LogP contribution is 2.14. The molecular weight excluding hydrogens is 199 g/mol. The summed E-state index contributed by atoms with van der Waals surface area (Å²) in [6.07, 6.45) is 5.99. The molecular formula is C10H18O3P+. The number of allylic oxidation sites excluding steroid dienone is 3. The average Bonchev–Trinajstić information content (AvgIpc) is 2.02. The molecule has 0 saturated heterocycles. The van der Waals surface area contributed by atoms with Crippen molar-refractivity contribution in [1.29, 1.82) is 0 Å². The van der Waals surface area contributed by atoms with Crippen LogP contribution in [0.1, 0.15) is 33.6 Å². The Balaban J connectivity index is 3.67. The molecule has 0 bridgehead atoms. The SMILES string of the molecule is CC(C)=CCCC(C)=CCO[P+](=O)O. The minimum Gasteiger partial charge on any atom is -0.133 e. The summed E-state index contributed by atoms with van der Waals surface area (Å²) < 4.78 is 14.7. The van der Waals surface area contributed by atoms with Crippen LogP contribution in [-0.4, -0.2) is 11.5 Å². The third kappa shape index (κ3) is 9.59. The van der Waals surface area contributed by atoms with Crippen molar-refractivity contribution < 1.29 is 14.0 Å². The lowest BCUT2D eigenvalue weighted by Gasteiger charge is -1.96. The van der Waals surface area contributed by atoms with E-state index >= 15 is 0 Å². The summed E-state index contributed by atoms with van der Waals surface area (Å²) >= 11 is 0. The maximum Gasteiger partial charge on any atom is 0.695 e. The van der Waals surface area contributed by atoms with Crippen LogP contribution in [0.2, 0.25) is 0 Å². The molecule has 0 radical (unpaired) electrons. The Labute approximate surface area is 86.4 Å². The number of hydrogen-bond acceptors (Lipinski definition) is 2. The lowest BCUT2D eigenvalue weighted by atomic mass is 10.1. The van der Waals surface area contributed by atoms with Gasteiger partial charge in [0, 0.05) is 4.57 Å². The van der Waals surface area contributed by atoms with Crippen molar-refractivity contribution in [3.05, 3.63) is 23.3 Å². The lowest BCUT2D eigenvalue weighted by Crippen LogP contribution is -1.84. The molecule has 0 aliphatic carbocycles. The molecule has 1 atom stereocenters. The third-order valence-electron chi connectivity index (χ3n) is 1.71. The first-order chi connectivity index (χ1) is 6.52. The van der Waals surface area contributed by atoms with Crippen molar-refractivity contribution in [1.82, 2.24) is 0 Å². The van der Waals surface area contributed by atoms with Gasteiger partial charge in [0.1, 0.15) is 6.61 Å². The van der Waals surface area contributed by atoms with E-state index in [2.05, 4.69) is 24.4 Å². The van der Waals surface area contributed by atoms with Crippen molar-refractivity contribution in [2.75, 3.05) is 6.61 Å². The first-order valence-corrected chi connectivity index (χ1v) is 5.73. The zero-order valence-electron chi connectivity index (χ0n) is 8.99. The van der Waals surface area contributed by atoms with E-state index in [1.165, 1.54) is 11.1 Å². The Kier molecular flexibility index (Phi) is 7.58. The fourth-order valence-electron chi connectivity index (χ4n) is 0.934. The van der Waals surface area contributed by atoms with Gasteiger partial charge in [0.05, 0.1) is 0 Å². The standard InChI is InChI=1S/C10H17O3P/c1-9(2)5-4-6-10(3)7-8-13-14(11)12/h5,7H,4,6,8H2,1-3H3/p+1. The van der Waals surface area contributed by atoms with E-state index in [9.17, 15) is 4.57 Å². The molecule has 0 aliphatic heterocycles. The predicted octanol–water partition coefficient (Wildman–Crippen LogP) is 3.35. The molecule has 80 valence electrons. The fraction of sp³-hybridized carbons (Fsp3) is 0.600. The second kappa shape index (κ2) is 7.86. The average molecular weight is 217 g/mol. The molecule has 0 aliphatic rings. The quantitative estimate of drug-likeness (QED) is 0.548. The van der Waals surface area contributed by atoms with Crippen LogP contribution in [-0.2, 0) is 9.09 Å². The van der Waals surface area contributed by atoms with Gasteiger partial charge in [-0.1, -0.05) is 23.3 Å². The van der Waals surface area contributed by atoms with Crippen molar-refractivity contribution in [3.63, 3.8) is 0 Å². The summed E-state index contributed by atoms with van der Waals surface area (Å²) in [5, 5.41) is 0. The predicted molar refractivity (Wildman–Crippen MR) is 58.2 cm³/mol. The molecule has 1 N–H and O–H groups in total. The normalized spacial score (nSPS) is 12.6. The zero-order valence-corrected chi connectivity index (χ0v) is 9.88. The van der Waals surface area contributed by atoms with Gasteiger partial charge in [-0.2, -0.15) is 0 Å². The summed E-state index contributed by atoms with van der Waals surface area (Å²) in [5.74, 6) is 0. The summed E-state index contributed by atoms with van der Waals surface area (Å²) in [6.45, 7) is 6.34. The second-order valence-electron chi connectivity index (χ2n) is 3.40. The summed E-state index contributed by atoms with van der Waals surface area (Å²) in [4.78, 5) is 8.36. The first-order valence-electron chi connectivity index (χ1n) is 4.60. The minimum absolute atomic E-state index is 0.215. The Morgan fingerprint density at radius 3 is 2.50 bits per heavy atom. The monoisotopic (exact) mass is 217 g/mol. The maximum absolute atomic E-state index is 10.2. The van der Waals surface area contributed by atoms with E-state index in [4.69, 9.17) is 4.89 Å². The molecule has 0 saturated carbocycles. The van der Waals surface area contributed by atoms with Crippen molar-refractivity contribution >= 4 is 8.25 Å². The Bertz CT molecular complexity index is 240. The molecule has 0 aromatic heterocycles. The van der Waals surface area contributed by atoms with Crippen molar-refractivity contribution in [2.24, 2.45) is 0 Å². The van der Waals surface area contributed by atoms with Gasteiger partial charge in [-0.3, -0.25) is 0 Å². The Morgan fingerprint density at radius 2 is 2.00 bits per heavy atom. The van der Waals surface area contributed by atoms with E-state index in [1.54, 1.807) is 0 Å². The van der Waals surface area contributed by atoms with E-state index < -0.39 is 8.25 Å². The topological polar surface area (TPSA) is 46.5 Å². The maximum atomic E-state index is 10.2. The van der Waals surface area contributed by atoms with E-state index in [-0.39, 0.29) is 6.61 Å². The molecule has 0 amide bonds. The first kappa shape index (κ1) is 13.5. The third-order valence-corrected chi connectivity index (χ3v) is 2.08. The van der Waals surface area contributed by atoms with E-state index in [0.717, 1.165) is 12.8 Å². The zero-order chi connectivity index (χ0) is 11.0. The molecule has 0 aromatic rings. The highest BCUT2D eigenvalue weighted by Gasteiger charge is 2.08. The van der Waals surface area contributed by atoms with E-state index in [1.807, 2.05) is 13.0 Å². The van der Waals surface area contributed by atoms with Gasteiger partial charge in [-0.15, -0.1) is 9.42 Å². The van der Waals surface area contributed by atoms with Crippen LogP contribution in [0.15, 0.2) is 23.3 Å². The highest BCUT2D eigenvalue weighted by atomic mass is 31.1. The van der Waals surface area contributed by atoms with Crippen molar-refractivity contribution in [2.45, 2.75) is 33.6 Å². The largest absolute Gasteiger partial charge is 0.695 e. The van der Waals surface area contributed by atoms with Gasteiger partial charge < -0.3 is 0 Å². The minimum atomic E-state index is -2.46. The highest BCUT2D eigenvalue weighted by molar-refractivity contribution is 7.32. The summed E-state index contributed by atoms with van der Waals surface area (Å²) in [6, 6.07) is 0. The molecule has 0 spiro atoms. The molecule has 3 nitrogen and oxygen atoms in total. The summed E-state index contributed by atoms with van der Waals surface area (Å²) in [5.41, 5.74) is 2.49. The van der Waals surface area contributed by atoms with Gasteiger partial charge in [0.2, 0.25) is 0 Å². The molecule has 0 aromatic carbocycles. The van der Waals surface area contributed by atoms with Crippen LogP contribution >= 0.6 is 8.25 Å². The molecule has 4 heteroatoms. The number of hydrogen-bond donors (Lipinski definition) is 1. The van der Waals surface area contributed by atoms with Crippen molar-refractivity contribution in [3.8, 4) is 0 Å². The van der Waals surface area contributed by atoms with Crippen LogP contribution in [0.5, 0.6) is 0 Å². The Morgan fingerprint density at radius 1 is 1.36 bits per heavy atom. The molecule has 1 unspecified atom stereocenters. The van der Waals surface area contributed by atoms with Gasteiger partial charge in [-0.25, -0.2) is 0 Å². The smallest absolute Gasteiger partial charge is 0.133 e. The second-order valence-corrected chi connectivity index (χ2v) is 4.14. The molecule has 14 heavy (non-hydrogen) atoms. The molecule has 0 heterocycles. The van der Waals surface area contributed by atoms with Gasteiger partial charge in [0.25, 0.3) is 0 Å². The van der Waals surface area contributed by atoms with Crippen LogP contribution in [0.25, 0.3) is 0 Å². The van der Waals surface area contributed by atoms with Crippen LogP contribution in [0, 0.1) is 0 Å². The lowest BCUT2D eigenvalue weighted by molar-refractivity contribution is 0.312. The van der Waals surface area contributed by atoms with Gasteiger partial charge >= 0.3 is 8.25 Å². The van der Waals surface area contributed by atoms with Crippen LogP contribution in [0.4, 0.5) is 0 Å². The molecule has 0 fully saturated rings. The summed E-state index contributed by atoms with van der Waals surface area (Å²) in [7, 11) is -2.46. The van der Waals surface area contributed by atoms with E-state index in [0.29, 0.717) is 0 Å². The van der Waals surface area contributed by atoms with Crippen LogP contribution < -0.4 is 0 Å². The van der Waals surface area contributed by atoms with Crippen LogP contribution in [0.3, 0.4) is 0 Å².